The molecule has 112 valence electrons. The first-order chi connectivity index (χ1) is 7.43. The van der Waals surface area contributed by atoms with E-state index in [0.29, 0.717) is 0 Å². The normalized spacial score (nSPS) is 42.3. The van der Waals surface area contributed by atoms with Gasteiger partial charge < -0.3 is 0 Å². The zero-order valence-electron chi connectivity index (χ0n) is 12.3. The maximum Gasteiger partial charge on any atom is -0.0391 e. The monoisotopic (exact) mass is 256 g/mol. The van der Waals surface area contributed by atoms with E-state index in [1.165, 1.54) is 25.7 Å². The zero-order valence-corrected chi connectivity index (χ0v) is 12.3. The van der Waals surface area contributed by atoms with Crippen molar-refractivity contribution in [1.82, 2.24) is 0 Å². The lowest BCUT2D eigenvalue weighted by molar-refractivity contribution is 0.380. The molecular formula is C18H40. The molecule has 0 bridgehead atoms. The Balaban J connectivity index is 0. The highest BCUT2D eigenvalue weighted by Crippen LogP contribution is 2.36. The molecule has 2 aliphatic rings. The van der Waals surface area contributed by atoms with Crippen molar-refractivity contribution in [2.75, 3.05) is 0 Å². The van der Waals surface area contributed by atoms with Crippen LogP contribution < -0.4 is 0 Å². The molecular weight excluding hydrogens is 216 g/mol. The highest BCUT2D eigenvalue weighted by Gasteiger charge is 2.26. The lowest BCUT2D eigenvalue weighted by Gasteiger charge is -2.11. The topological polar surface area (TPSA) is 0 Å². The molecule has 0 heterocycles. The van der Waals surface area contributed by atoms with Crippen molar-refractivity contribution in [2.45, 2.75) is 82.1 Å². The molecule has 0 nitrogen and oxygen atoms in total. The van der Waals surface area contributed by atoms with E-state index >= 15 is 0 Å². The van der Waals surface area contributed by atoms with Gasteiger partial charge in [0.1, 0.15) is 0 Å². The van der Waals surface area contributed by atoms with Crippen molar-refractivity contribution >= 4 is 0 Å². The third-order valence-corrected chi connectivity index (χ3v) is 5.74. The minimum atomic E-state index is 0. The van der Waals surface area contributed by atoms with Crippen molar-refractivity contribution in [3.05, 3.63) is 0 Å². The molecule has 0 amide bonds. The average Bonchev–Trinajstić information content (AvgIpc) is 2.70. The summed E-state index contributed by atoms with van der Waals surface area (Å²) in [4.78, 5) is 0. The summed E-state index contributed by atoms with van der Waals surface area (Å²) in [6.07, 6.45) is 5.84. The molecule has 0 saturated heterocycles. The van der Waals surface area contributed by atoms with Gasteiger partial charge in [-0.2, -0.15) is 0 Å². The van der Waals surface area contributed by atoms with Crippen molar-refractivity contribution in [1.29, 1.82) is 0 Å². The summed E-state index contributed by atoms with van der Waals surface area (Å²) >= 11 is 0. The van der Waals surface area contributed by atoms with Crippen molar-refractivity contribution in [2.24, 2.45) is 35.5 Å². The van der Waals surface area contributed by atoms with Crippen LogP contribution in [0, 0.1) is 35.5 Å². The summed E-state index contributed by atoms with van der Waals surface area (Å²) in [7, 11) is 0. The molecule has 2 saturated carbocycles. The van der Waals surface area contributed by atoms with Crippen LogP contribution in [0.3, 0.4) is 0 Å². The van der Waals surface area contributed by atoms with Crippen LogP contribution in [0.15, 0.2) is 0 Å². The second-order valence-electron chi connectivity index (χ2n) is 6.78. The highest BCUT2D eigenvalue weighted by atomic mass is 14.3. The summed E-state index contributed by atoms with van der Waals surface area (Å²) in [5.41, 5.74) is 0. The lowest BCUT2D eigenvalue weighted by Crippen LogP contribution is -2.04. The molecule has 4 atom stereocenters. The summed E-state index contributed by atoms with van der Waals surface area (Å²) in [6, 6.07) is 0. The third-order valence-electron chi connectivity index (χ3n) is 5.74. The first kappa shape index (κ1) is 20.3. The van der Waals surface area contributed by atoms with E-state index < -0.39 is 0 Å². The molecule has 0 N–H and O–H groups in total. The molecule has 4 unspecified atom stereocenters. The Morgan fingerprint density at radius 3 is 0.667 bits per heavy atom. The minimum absolute atomic E-state index is 0. The smallest absolute Gasteiger partial charge is 0.0391 e. The molecule has 2 rings (SSSR count). The molecule has 18 heavy (non-hydrogen) atoms. The fraction of sp³-hybridized carbons (Fsp3) is 1.00. The highest BCUT2D eigenvalue weighted by molar-refractivity contribution is 4.76. The Labute approximate surface area is 118 Å². The van der Waals surface area contributed by atoms with E-state index in [9.17, 15) is 0 Å². The van der Waals surface area contributed by atoms with Gasteiger partial charge in [0.05, 0.1) is 0 Å². The van der Waals surface area contributed by atoms with Crippen molar-refractivity contribution < 1.29 is 0 Å². The maximum absolute atomic E-state index is 2.38. The summed E-state index contributed by atoms with van der Waals surface area (Å²) in [5.74, 6) is 5.93. The third kappa shape index (κ3) is 5.33. The molecule has 2 fully saturated rings. The molecule has 0 radical (unpaired) electrons. The first-order valence-electron chi connectivity index (χ1n) is 7.43. The van der Waals surface area contributed by atoms with Gasteiger partial charge in [-0.1, -0.05) is 82.1 Å². The summed E-state index contributed by atoms with van der Waals surface area (Å²) in [6.45, 7) is 14.2. The van der Waals surface area contributed by atoms with E-state index in [2.05, 4.69) is 41.5 Å². The first-order valence-corrected chi connectivity index (χ1v) is 7.43. The summed E-state index contributed by atoms with van der Waals surface area (Å²) < 4.78 is 0. The fourth-order valence-electron chi connectivity index (χ4n) is 3.22. The van der Waals surface area contributed by atoms with E-state index in [-0.39, 0.29) is 14.9 Å². The fourth-order valence-corrected chi connectivity index (χ4v) is 3.22. The molecule has 0 heteroatoms. The Hall–Kier alpha value is 0. The predicted molar refractivity (Wildman–Crippen MR) is 86.9 cm³/mol. The second kappa shape index (κ2) is 8.99. The Morgan fingerprint density at radius 1 is 0.444 bits per heavy atom. The Morgan fingerprint density at radius 2 is 0.611 bits per heavy atom. The van der Waals surface area contributed by atoms with E-state index in [1.54, 1.807) is 0 Å². The van der Waals surface area contributed by atoms with Gasteiger partial charge in [0.2, 0.25) is 0 Å². The van der Waals surface area contributed by atoms with Crippen molar-refractivity contribution in [3.63, 3.8) is 0 Å². The number of rotatable bonds is 0. The molecule has 0 aromatic heterocycles. The summed E-state index contributed by atoms with van der Waals surface area (Å²) in [5, 5.41) is 0. The second-order valence-corrected chi connectivity index (χ2v) is 6.78. The lowest BCUT2D eigenvalue weighted by atomic mass is 9.94. The Kier molecular flexibility index (Phi) is 10.2. The van der Waals surface area contributed by atoms with E-state index in [1.807, 2.05) is 0 Å². The van der Waals surface area contributed by atoms with Crippen LogP contribution in [-0.2, 0) is 0 Å². The zero-order chi connectivity index (χ0) is 12.3. The molecule has 0 aliphatic heterocycles. The quantitative estimate of drug-likeness (QED) is 0.455. The average molecular weight is 257 g/mol. The van der Waals surface area contributed by atoms with Crippen LogP contribution in [-0.4, -0.2) is 0 Å². The molecule has 0 aromatic carbocycles. The van der Waals surface area contributed by atoms with Gasteiger partial charge in [-0.05, 0) is 35.5 Å². The van der Waals surface area contributed by atoms with Crippen LogP contribution in [0.2, 0.25) is 0 Å². The number of hydrogen-bond acceptors (Lipinski definition) is 0. The van der Waals surface area contributed by atoms with Crippen LogP contribution >= 0.6 is 0 Å². The van der Waals surface area contributed by atoms with Gasteiger partial charge in [-0.25, -0.2) is 0 Å². The van der Waals surface area contributed by atoms with Crippen molar-refractivity contribution in [3.8, 4) is 0 Å². The molecule has 0 aromatic rings. The van der Waals surface area contributed by atoms with Crippen LogP contribution in [0.25, 0.3) is 0 Å². The largest absolute Gasteiger partial charge is 0.0776 e. The van der Waals surface area contributed by atoms with E-state index in [4.69, 9.17) is 0 Å². The minimum Gasteiger partial charge on any atom is -0.0776 e. The van der Waals surface area contributed by atoms with Gasteiger partial charge in [-0.3, -0.25) is 0 Å². The van der Waals surface area contributed by atoms with Crippen LogP contribution in [0.1, 0.15) is 82.1 Å². The predicted octanol–water partition coefficient (Wildman–Crippen LogP) is 6.65. The van der Waals surface area contributed by atoms with Gasteiger partial charge in [0, 0.05) is 0 Å². The van der Waals surface area contributed by atoms with E-state index in [0.717, 1.165) is 35.5 Å². The molecule has 0 spiro atoms. The molecule has 2 aliphatic carbocycles. The van der Waals surface area contributed by atoms with Gasteiger partial charge in [0.25, 0.3) is 0 Å². The van der Waals surface area contributed by atoms with Gasteiger partial charge in [0.15, 0.2) is 0 Å². The standard InChI is InChI=1S/2C8H16.2CH4/c2*1-6-4-5-7(2)8(6)3;;/h2*6-8H,4-5H2,1-3H3;2*1H4. The Bertz CT molecular complexity index is 154. The SMILES string of the molecule is C.C.CC1CCC(C)C1C.CC1CCC(C)C1C. The van der Waals surface area contributed by atoms with Gasteiger partial charge in [-0.15, -0.1) is 0 Å². The van der Waals surface area contributed by atoms with Gasteiger partial charge >= 0.3 is 0 Å². The van der Waals surface area contributed by atoms with Crippen LogP contribution in [0.5, 0.6) is 0 Å². The number of hydrogen-bond donors (Lipinski definition) is 0. The van der Waals surface area contributed by atoms with Crippen LogP contribution in [0.4, 0.5) is 0 Å². The maximum atomic E-state index is 2.38.